The van der Waals surface area contributed by atoms with E-state index in [-0.39, 0.29) is 17.5 Å². The van der Waals surface area contributed by atoms with Gasteiger partial charge < -0.3 is 15.4 Å². The molecule has 0 aliphatic carbocycles. The number of aliphatic imine (C=N–C) groups is 1. The van der Waals surface area contributed by atoms with Gasteiger partial charge in [-0.3, -0.25) is 0 Å². The van der Waals surface area contributed by atoms with Crippen LogP contribution in [0.1, 0.15) is 24.5 Å². The Balaban J connectivity index is 1.59. The van der Waals surface area contributed by atoms with Gasteiger partial charge in [0.2, 0.25) is 0 Å². The van der Waals surface area contributed by atoms with Crippen molar-refractivity contribution in [2.24, 2.45) is 4.99 Å². The summed E-state index contributed by atoms with van der Waals surface area (Å²) in [6.45, 7) is 3.72. The Morgan fingerprint density at radius 2 is 1.93 bits per heavy atom. The highest BCUT2D eigenvalue weighted by Crippen LogP contribution is 2.14. The fourth-order valence-electron chi connectivity index (χ4n) is 3.09. The summed E-state index contributed by atoms with van der Waals surface area (Å²) < 4.78 is 29.1. The fourth-order valence-corrected chi connectivity index (χ4v) is 4.77. The van der Waals surface area contributed by atoms with Crippen LogP contribution in [0.4, 0.5) is 0 Å². The van der Waals surface area contributed by atoms with Crippen LogP contribution in [0.15, 0.2) is 59.6 Å². The Hall–Kier alpha value is -2.54. The Labute approximate surface area is 167 Å². The van der Waals surface area contributed by atoms with Crippen molar-refractivity contribution in [3.8, 4) is 5.75 Å². The monoisotopic (exact) mass is 401 g/mol. The normalized spacial score (nSPS) is 18.6. The number of para-hydroxylation sites is 1. The third kappa shape index (κ3) is 6.27. The number of hydrogen-bond donors (Lipinski definition) is 2. The van der Waals surface area contributed by atoms with Crippen LogP contribution in [0.25, 0.3) is 0 Å². The molecule has 2 aromatic carbocycles. The predicted molar refractivity (Wildman–Crippen MR) is 112 cm³/mol. The molecule has 1 fully saturated rings. The van der Waals surface area contributed by atoms with Crippen LogP contribution in [0.3, 0.4) is 0 Å². The van der Waals surface area contributed by atoms with Crippen LogP contribution < -0.4 is 15.4 Å². The van der Waals surface area contributed by atoms with Crippen LogP contribution in [-0.4, -0.2) is 38.5 Å². The summed E-state index contributed by atoms with van der Waals surface area (Å²) in [5.41, 5.74) is 2.15. The Morgan fingerprint density at radius 3 is 2.64 bits per heavy atom. The van der Waals surface area contributed by atoms with Gasteiger partial charge in [0.15, 0.2) is 15.8 Å². The zero-order chi connectivity index (χ0) is 19.8. The van der Waals surface area contributed by atoms with E-state index in [1.54, 1.807) is 0 Å². The number of nitrogens with zero attached hydrogens (tertiary/aromatic N) is 1. The topological polar surface area (TPSA) is 79.8 Å². The molecule has 7 heteroatoms. The number of rotatable bonds is 7. The van der Waals surface area contributed by atoms with E-state index >= 15 is 0 Å². The molecule has 0 radical (unpaired) electrons. The van der Waals surface area contributed by atoms with Crippen LogP contribution in [0, 0.1) is 0 Å². The van der Waals surface area contributed by atoms with Gasteiger partial charge >= 0.3 is 0 Å². The van der Waals surface area contributed by atoms with Crippen molar-refractivity contribution < 1.29 is 13.2 Å². The average Bonchev–Trinajstić information content (AvgIpc) is 3.04. The Bertz CT molecular complexity index is 898. The molecular weight excluding hydrogens is 374 g/mol. The number of ether oxygens (including phenoxy) is 1. The van der Waals surface area contributed by atoms with E-state index in [2.05, 4.69) is 21.7 Å². The number of guanidine groups is 1. The SMILES string of the molecule is CCNC(=NCc1cccc(COc2ccccc2)c1)NC1CCS(=O)(=O)C1. The molecule has 0 spiro atoms. The van der Waals surface area contributed by atoms with Gasteiger partial charge in [0.25, 0.3) is 0 Å². The van der Waals surface area contributed by atoms with Crippen LogP contribution in [0.2, 0.25) is 0 Å². The molecule has 0 aromatic heterocycles. The molecule has 1 heterocycles. The molecule has 150 valence electrons. The molecule has 28 heavy (non-hydrogen) atoms. The van der Waals surface area contributed by atoms with Gasteiger partial charge in [0.1, 0.15) is 12.4 Å². The molecule has 1 atom stereocenters. The Kier molecular flexibility index (Phi) is 6.92. The van der Waals surface area contributed by atoms with E-state index < -0.39 is 9.84 Å². The molecule has 6 nitrogen and oxygen atoms in total. The number of benzene rings is 2. The predicted octanol–water partition coefficient (Wildman–Crippen LogP) is 2.51. The van der Waals surface area contributed by atoms with Crippen LogP contribution in [0.5, 0.6) is 5.75 Å². The third-order valence-electron chi connectivity index (χ3n) is 4.48. The molecule has 1 unspecified atom stereocenters. The maximum absolute atomic E-state index is 11.6. The molecule has 2 aromatic rings. The minimum absolute atomic E-state index is 0.0755. The number of sulfone groups is 1. The smallest absolute Gasteiger partial charge is 0.191 e. The maximum atomic E-state index is 11.6. The zero-order valence-electron chi connectivity index (χ0n) is 16.1. The van der Waals surface area contributed by atoms with Gasteiger partial charge in [-0.15, -0.1) is 0 Å². The van der Waals surface area contributed by atoms with E-state index in [9.17, 15) is 8.42 Å². The average molecular weight is 402 g/mol. The van der Waals surface area contributed by atoms with Crippen LogP contribution in [-0.2, 0) is 23.0 Å². The molecule has 1 saturated heterocycles. The second-order valence-corrected chi connectivity index (χ2v) is 9.09. The molecule has 3 rings (SSSR count). The lowest BCUT2D eigenvalue weighted by atomic mass is 10.1. The van der Waals surface area contributed by atoms with E-state index in [1.165, 1.54) is 0 Å². The number of nitrogens with one attached hydrogen (secondary N) is 2. The summed E-state index contributed by atoms with van der Waals surface area (Å²) in [6.07, 6.45) is 0.624. The largest absolute Gasteiger partial charge is 0.489 e. The summed E-state index contributed by atoms with van der Waals surface area (Å²) in [6, 6.07) is 17.8. The highest BCUT2D eigenvalue weighted by Gasteiger charge is 2.28. The first-order valence-electron chi connectivity index (χ1n) is 9.55. The second kappa shape index (κ2) is 9.59. The van der Waals surface area contributed by atoms with Gasteiger partial charge in [0, 0.05) is 12.6 Å². The van der Waals surface area contributed by atoms with Gasteiger partial charge in [-0.25, -0.2) is 13.4 Å². The molecule has 1 aliphatic heterocycles. The van der Waals surface area contributed by atoms with Crippen molar-refractivity contribution >= 4 is 15.8 Å². The van der Waals surface area contributed by atoms with Crippen molar-refractivity contribution in [1.29, 1.82) is 0 Å². The molecule has 0 amide bonds. The molecule has 2 N–H and O–H groups in total. The van der Waals surface area contributed by atoms with E-state index in [0.717, 1.165) is 23.4 Å². The van der Waals surface area contributed by atoms with Crippen LogP contribution >= 0.6 is 0 Å². The van der Waals surface area contributed by atoms with Crippen molar-refractivity contribution in [3.05, 3.63) is 65.7 Å². The second-order valence-electron chi connectivity index (χ2n) is 6.86. The number of hydrogen-bond acceptors (Lipinski definition) is 4. The van der Waals surface area contributed by atoms with Gasteiger partial charge in [-0.05, 0) is 36.6 Å². The lowest BCUT2D eigenvalue weighted by molar-refractivity contribution is 0.306. The lowest BCUT2D eigenvalue weighted by Crippen LogP contribution is -2.44. The van der Waals surface area contributed by atoms with Crippen molar-refractivity contribution in [3.63, 3.8) is 0 Å². The third-order valence-corrected chi connectivity index (χ3v) is 6.25. The molecule has 1 aliphatic rings. The summed E-state index contributed by atoms with van der Waals surface area (Å²) >= 11 is 0. The first-order valence-corrected chi connectivity index (χ1v) is 11.4. The molecule has 0 saturated carbocycles. The highest BCUT2D eigenvalue weighted by atomic mass is 32.2. The summed E-state index contributed by atoms with van der Waals surface area (Å²) in [5.74, 6) is 1.91. The standard InChI is InChI=1S/C21H27N3O3S/c1-2-22-21(24-19-11-12-28(25,26)16-19)23-14-17-7-6-8-18(13-17)15-27-20-9-4-3-5-10-20/h3-10,13,19H,2,11-12,14-16H2,1H3,(H2,22,23,24). The summed E-state index contributed by atoms with van der Waals surface area (Å²) in [4.78, 5) is 4.61. The first-order chi connectivity index (χ1) is 13.5. The van der Waals surface area contributed by atoms with Gasteiger partial charge in [-0.1, -0.05) is 42.5 Å². The van der Waals surface area contributed by atoms with E-state index in [4.69, 9.17) is 4.74 Å². The summed E-state index contributed by atoms with van der Waals surface area (Å²) in [5, 5.41) is 6.43. The molecular formula is C21H27N3O3S. The van der Waals surface area contributed by atoms with Gasteiger partial charge in [-0.2, -0.15) is 0 Å². The van der Waals surface area contributed by atoms with Crippen molar-refractivity contribution in [2.45, 2.75) is 32.5 Å². The minimum atomic E-state index is -2.92. The zero-order valence-corrected chi connectivity index (χ0v) is 16.9. The molecule has 0 bridgehead atoms. The van der Waals surface area contributed by atoms with Crippen molar-refractivity contribution in [2.75, 3.05) is 18.1 Å². The highest BCUT2D eigenvalue weighted by molar-refractivity contribution is 7.91. The first kappa shape index (κ1) is 20.2. The lowest BCUT2D eigenvalue weighted by Gasteiger charge is -2.16. The quantitative estimate of drug-likeness (QED) is 0.550. The van der Waals surface area contributed by atoms with E-state index in [0.29, 0.717) is 25.5 Å². The van der Waals surface area contributed by atoms with Gasteiger partial charge in [0.05, 0.1) is 18.1 Å². The minimum Gasteiger partial charge on any atom is -0.489 e. The summed E-state index contributed by atoms with van der Waals surface area (Å²) in [7, 11) is -2.92. The maximum Gasteiger partial charge on any atom is 0.191 e. The Morgan fingerprint density at radius 1 is 1.14 bits per heavy atom. The van der Waals surface area contributed by atoms with E-state index in [1.807, 2.05) is 55.5 Å². The van der Waals surface area contributed by atoms with Crippen molar-refractivity contribution in [1.82, 2.24) is 10.6 Å². The fraction of sp³-hybridized carbons (Fsp3) is 0.381.